The first-order valence-corrected chi connectivity index (χ1v) is 7.75. The highest BCUT2D eigenvalue weighted by molar-refractivity contribution is 5.77. The molecule has 0 saturated carbocycles. The molecule has 1 N–H and O–H groups in total. The Kier molecular flexibility index (Phi) is 5.37. The molecule has 2 rings (SSSR count). The summed E-state index contributed by atoms with van der Waals surface area (Å²) in [6, 6.07) is 8.24. The van der Waals surface area contributed by atoms with Gasteiger partial charge in [-0.25, -0.2) is 4.98 Å². The molecule has 1 amide bonds. The summed E-state index contributed by atoms with van der Waals surface area (Å²) in [7, 11) is 0. The van der Waals surface area contributed by atoms with Crippen LogP contribution >= 0.6 is 0 Å². The summed E-state index contributed by atoms with van der Waals surface area (Å²) >= 11 is 0. The minimum absolute atomic E-state index is 0.115. The van der Waals surface area contributed by atoms with Crippen molar-refractivity contribution < 1.29 is 4.79 Å². The van der Waals surface area contributed by atoms with Crippen LogP contribution < -0.4 is 5.32 Å². The van der Waals surface area contributed by atoms with E-state index >= 15 is 0 Å². The number of benzene rings is 1. The smallest absolute Gasteiger partial charge is 0.221 e. The van der Waals surface area contributed by atoms with Crippen molar-refractivity contribution >= 4 is 16.9 Å². The fourth-order valence-corrected chi connectivity index (χ4v) is 2.41. The molecule has 0 fully saturated rings. The van der Waals surface area contributed by atoms with Crippen molar-refractivity contribution in [2.24, 2.45) is 5.92 Å². The van der Waals surface area contributed by atoms with E-state index in [9.17, 15) is 4.79 Å². The largest absolute Gasteiger partial charge is 0.354 e. The van der Waals surface area contributed by atoms with Crippen LogP contribution in [0.25, 0.3) is 11.0 Å². The third kappa shape index (κ3) is 4.59. The van der Waals surface area contributed by atoms with E-state index < -0.39 is 0 Å². The third-order valence-corrected chi connectivity index (χ3v) is 3.69. The first-order valence-electron chi connectivity index (χ1n) is 7.75. The van der Waals surface area contributed by atoms with Crippen molar-refractivity contribution in [1.82, 2.24) is 14.9 Å². The highest BCUT2D eigenvalue weighted by Crippen LogP contribution is 2.12. The van der Waals surface area contributed by atoms with E-state index in [4.69, 9.17) is 0 Å². The van der Waals surface area contributed by atoms with Gasteiger partial charge in [-0.3, -0.25) is 4.79 Å². The Balaban J connectivity index is 1.81. The van der Waals surface area contributed by atoms with E-state index in [-0.39, 0.29) is 11.9 Å². The number of para-hydroxylation sites is 2. The lowest BCUT2D eigenvalue weighted by atomic mass is 10.0. The third-order valence-electron chi connectivity index (χ3n) is 3.69. The van der Waals surface area contributed by atoms with Crippen LogP contribution in [0.3, 0.4) is 0 Å². The molecule has 2 aromatic rings. The predicted molar refractivity (Wildman–Crippen MR) is 86.0 cm³/mol. The summed E-state index contributed by atoms with van der Waals surface area (Å²) < 4.78 is 2.04. The van der Waals surface area contributed by atoms with Gasteiger partial charge in [-0.05, 0) is 37.8 Å². The van der Waals surface area contributed by atoms with E-state index in [2.05, 4.69) is 31.1 Å². The molecule has 0 bridgehead atoms. The summed E-state index contributed by atoms with van der Waals surface area (Å²) in [5.41, 5.74) is 2.06. The summed E-state index contributed by atoms with van der Waals surface area (Å²) in [6.07, 6.45) is 4.48. The van der Waals surface area contributed by atoms with Crippen LogP contribution in [-0.2, 0) is 11.3 Å². The number of hydrogen-bond donors (Lipinski definition) is 1. The Bertz CT molecular complexity index is 588. The van der Waals surface area contributed by atoms with Crippen LogP contribution in [0.1, 0.15) is 40.0 Å². The molecule has 0 spiro atoms. The number of aryl methyl sites for hydroxylation is 1. The number of nitrogens with zero attached hydrogens (tertiary/aromatic N) is 2. The molecule has 1 aromatic heterocycles. The molecule has 4 heteroatoms. The first-order chi connectivity index (χ1) is 10.1. The molecule has 114 valence electrons. The van der Waals surface area contributed by atoms with Gasteiger partial charge >= 0.3 is 0 Å². The molecular formula is C17H25N3O. The van der Waals surface area contributed by atoms with Gasteiger partial charge in [0.1, 0.15) is 0 Å². The van der Waals surface area contributed by atoms with Gasteiger partial charge < -0.3 is 9.88 Å². The minimum Gasteiger partial charge on any atom is -0.354 e. The maximum absolute atomic E-state index is 12.0. The van der Waals surface area contributed by atoms with Crippen LogP contribution in [0.15, 0.2) is 30.6 Å². The lowest BCUT2D eigenvalue weighted by Gasteiger charge is -2.15. The zero-order valence-electron chi connectivity index (χ0n) is 13.2. The number of carbonyl (C=O) groups excluding carboxylic acids is 1. The second-order valence-corrected chi connectivity index (χ2v) is 6.12. The number of amides is 1. The summed E-state index contributed by atoms with van der Waals surface area (Å²) in [6.45, 7) is 7.16. The van der Waals surface area contributed by atoms with Crippen molar-refractivity contribution in [1.29, 1.82) is 0 Å². The second kappa shape index (κ2) is 7.25. The number of rotatable bonds is 7. The van der Waals surface area contributed by atoms with Crippen molar-refractivity contribution in [3.63, 3.8) is 0 Å². The van der Waals surface area contributed by atoms with Crippen LogP contribution in [-0.4, -0.2) is 21.5 Å². The standard InChI is InChI=1S/C17H25N3O/c1-13(2)8-9-14(3)19-17(21)10-11-20-12-18-15-6-4-5-7-16(15)20/h4-7,12-14H,8-11H2,1-3H3,(H,19,21). The summed E-state index contributed by atoms with van der Waals surface area (Å²) in [5.74, 6) is 0.797. The number of aromatic nitrogens is 2. The zero-order valence-corrected chi connectivity index (χ0v) is 13.2. The maximum Gasteiger partial charge on any atom is 0.221 e. The molecule has 1 unspecified atom stereocenters. The van der Waals surface area contributed by atoms with E-state index in [0.717, 1.165) is 23.9 Å². The Morgan fingerprint density at radius 1 is 1.24 bits per heavy atom. The van der Waals surface area contributed by atoms with E-state index in [1.165, 1.54) is 0 Å². The highest BCUT2D eigenvalue weighted by atomic mass is 16.1. The SMILES string of the molecule is CC(C)CCC(C)NC(=O)CCn1cnc2ccccc21. The number of imidazole rings is 1. The van der Waals surface area contributed by atoms with Gasteiger partial charge in [-0.1, -0.05) is 26.0 Å². The molecule has 0 saturated heterocycles. The van der Waals surface area contributed by atoms with Crippen molar-refractivity contribution in [2.75, 3.05) is 0 Å². The molecule has 21 heavy (non-hydrogen) atoms. The van der Waals surface area contributed by atoms with Crippen molar-refractivity contribution in [3.8, 4) is 0 Å². The normalized spacial score (nSPS) is 12.8. The van der Waals surface area contributed by atoms with Crippen LogP contribution in [0.2, 0.25) is 0 Å². The number of carbonyl (C=O) groups is 1. The fourth-order valence-electron chi connectivity index (χ4n) is 2.41. The molecular weight excluding hydrogens is 262 g/mol. The average molecular weight is 287 g/mol. The summed E-state index contributed by atoms with van der Waals surface area (Å²) in [5, 5.41) is 3.07. The van der Waals surface area contributed by atoms with E-state index in [1.54, 1.807) is 6.33 Å². The fraction of sp³-hybridized carbons (Fsp3) is 0.529. The first kappa shape index (κ1) is 15.5. The van der Waals surface area contributed by atoms with Gasteiger partial charge in [0.25, 0.3) is 0 Å². The Labute approximate surface area is 126 Å². The second-order valence-electron chi connectivity index (χ2n) is 6.12. The Hall–Kier alpha value is -1.84. The van der Waals surface area contributed by atoms with Gasteiger partial charge in [0, 0.05) is 19.0 Å². The quantitative estimate of drug-likeness (QED) is 0.848. The van der Waals surface area contributed by atoms with E-state index in [1.807, 2.05) is 28.8 Å². The summed E-state index contributed by atoms with van der Waals surface area (Å²) in [4.78, 5) is 16.3. The molecule has 0 aliphatic heterocycles. The van der Waals surface area contributed by atoms with Gasteiger partial charge in [0.2, 0.25) is 5.91 Å². The Morgan fingerprint density at radius 3 is 2.76 bits per heavy atom. The highest BCUT2D eigenvalue weighted by Gasteiger charge is 2.09. The molecule has 1 heterocycles. The molecule has 0 radical (unpaired) electrons. The predicted octanol–water partition coefficient (Wildman–Crippen LogP) is 3.37. The van der Waals surface area contributed by atoms with Crippen LogP contribution in [0.4, 0.5) is 0 Å². The minimum atomic E-state index is 0.115. The van der Waals surface area contributed by atoms with Crippen LogP contribution in [0.5, 0.6) is 0 Å². The number of hydrogen-bond acceptors (Lipinski definition) is 2. The monoisotopic (exact) mass is 287 g/mol. The van der Waals surface area contributed by atoms with Crippen LogP contribution in [0, 0.1) is 5.92 Å². The van der Waals surface area contributed by atoms with Gasteiger partial charge in [-0.15, -0.1) is 0 Å². The Morgan fingerprint density at radius 2 is 2.00 bits per heavy atom. The topological polar surface area (TPSA) is 46.9 Å². The van der Waals surface area contributed by atoms with Crippen molar-refractivity contribution in [2.45, 2.75) is 52.6 Å². The molecule has 1 atom stereocenters. The van der Waals surface area contributed by atoms with Gasteiger partial charge in [-0.2, -0.15) is 0 Å². The lowest BCUT2D eigenvalue weighted by Crippen LogP contribution is -2.33. The molecule has 4 nitrogen and oxygen atoms in total. The van der Waals surface area contributed by atoms with Crippen molar-refractivity contribution in [3.05, 3.63) is 30.6 Å². The average Bonchev–Trinajstić information content (AvgIpc) is 2.86. The molecule has 0 aliphatic carbocycles. The maximum atomic E-state index is 12.0. The number of nitrogens with one attached hydrogen (secondary N) is 1. The molecule has 1 aromatic carbocycles. The zero-order chi connectivity index (χ0) is 15.2. The lowest BCUT2D eigenvalue weighted by molar-refractivity contribution is -0.121. The van der Waals surface area contributed by atoms with Gasteiger partial charge in [0.05, 0.1) is 17.4 Å². The number of fused-ring (bicyclic) bond motifs is 1. The molecule has 0 aliphatic rings. The van der Waals surface area contributed by atoms with Gasteiger partial charge in [0.15, 0.2) is 0 Å². The van der Waals surface area contributed by atoms with E-state index in [0.29, 0.717) is 18.9 Å².